The summed E-state index contributed by atoms with van der Waals surface area (Å²) < 4.78 is 5.52. The lowest BCUT2D eigenvalue weighted by Crippen LogP contribution is -2.05. The highest BCUT2D eigenvalue weighted by Gasteiger charge is 2.17. The van der Waals surface area contributed by atoms with Crippen LogP contribution in [0.1, 0.15) is 13.8 Å². The van der Waals surface area contributed by atoms with E-state index in [0.29, 0.717) is 11.4 Å². The number of aromatic nitrogens is 2. The second kappa shape index (κ2) is 6.36. The Bertz CT molecular complexity index is 646. The summed E-state index contributed by atoms with van der Waals surface area (Å²) in [5.41, 5.74) is 0.380. The maximum absolute atomic E-state index is 10.9. The van der Waals surface area contributed by atoms with Gasteiger partial charge >= 0.3 is 5.69 Å². The molecule has 1 aromatic carbocycles. The molecule has 1 N–H and O–H groups in total. The molecule has 8 heteroatoms. The van der Waals surface area contributed by atoms with Crippen molar-refractivity contribution in [2.45, 2.75) is 20.0 Å². The minimum absolute atomic E-state index is 0.0394. The highest BCUT2D eigenvalue weighted by Crippen LogP contribution is 2.26. The zero-order chi connectivity index (χ0) is 15.4. The molecule has 0 bridgehead atoms. The van der Waals surface area contributed by atoms with Gasteiger partial charge in [-0.25, -0.2) is 4.98 Å². The van der Waals surface area contributed by atoms with Crippen LogP contribution in [-0.4, -0.2) is 21.0 Å². The molecule has 0 radical (unpaired) electrons. The largest absolute Gasteiger partial charge is 0.491 e. The average Bonchev–Trinajstić information content (AvgIpc) is 2.40. The van der Waals surface area contributed by atoms with Crippen LogP contribution in [-0.2, 0) is 0 Å². The summed E-state index contributed by atoms with van der Waals surface area (Å²) in [6.45, 7) is 3.86. The number of hydrogen-bond donors (Lipinski definition) is 1. The summed E-state index contributed by atoms with van der Waals surface area (Å²) in [5.74, 6) is 0.753. The van der Waals surface area contributed by atoms with Crippen molar-refractivity contribution in [3.63, 3.8) is 0 Å². The average molecular weight is 309 g/mol. The number of anilines is 2. The van der Waals surface area contributed by atoms with Crippen molar-refractivity contribution in [1.29, 1.82) is 0 Å². The van der Waals surface area contributed by atoms with Crippen molar-refractivity contribution in [3.8, 4) is 5.75 Å². The summed E-state index contributed by atoms with van der Waals surface area (Å²) >= 11 is 5.67. The molecule has 0 atom stereocenters. The Morgan fingerprint density at radius 1 is 1.33 bits per heavy atom. The van der Waals surface area contributed by atoms with E-state index in [9.17, 15) is 10.1 Å². The van der Waals surface area contributed by atoms with E-state index < -0.39 is 4.92 Å². The standard InChI is InChI=1S/C13H13ClN4O3/c1-8(2)21-10-5-3-9(4-6-10)16-12-11(18(19)20)7-15-13(14)17-12/h3-8H,1-2H3,(H,15,16,17). The lowest BCUT2D eigenvalue weighted by molar-refractivity contribution is -0.384. The van der Waals surface area contributed by atoms with E-state index in [-0.39, 0.29) is 22.9 Å². The predicted molar refractivity (Wildman–Crippen MR) is 79.2 cm³/mol. The maximum atomic E-state index is 10.9. The van der Waals surface area contributed by atoms with E-state index in [1.165, 1.54) is 0 Å². The Morgan fingerprint density at radius 3 is 2.57 bits per heavy atom. The molecule has 0 aliphatic carbocycles. The first kappa shape index (κ1) is 15.0. The molecule has 7 nitrogen and oxygen atoms in total. The van der Waals surface area contributed by atoms with Crippen LogP contribution in [0.15, 0.2) is 30.5 Å². The number of ether oxygens (including phenoxy) is 1. The summed E-state index contributed by atoms with van der Waals surface area (Å²) in [7, 11) is 0. The number of nitro groups is 1. The Hall–Kier alpha value is -2.41. The lowest BCUT2D eigenvalue weighted by atomic mass is 10.3. The first-order valence-corrected chi connectivity index (χ1v) is 6.54. The van der Waals surface area contributed by atoms with Gasteiger partial charge in [0.05, 0.1) is 11.0 Å². The van der Waals surface area contributed by atoms with Crippen molar-refractivity contribution in [2.24, 2.45) is 0 Å². The Morgan fingerprint density at radius 2 is 2.00 bits per heavy atom. The summed E-state index contributed by atoms with van der Waals surface area (Å²) in [6.07, 6.45) is 1.14. The fourth-order valence-electron chi connectivity index (χ4n) is 1.61. The number of rotatable bonds is 5. The topological polar surface area (TPSA) is 90.2 Å². The van der Waals surface area contributed by atoms with Crippen LogP contribution in [0.25, 0.3) is 0 Å². The van der Waals surface area contributed by atoms with Crippen LogP contribution in [0, 0.1) is 10.1 Å². The van der Waals surface area contributed by atoms with E-state index in [1.54, 1.807) is 24.3 Å². The van der Waals surface area contributed by atoms with E-state index in [4.69, 9.17) is 16.3 Å². The monoisotopic (exact) mass is 308 g/mol. The highest BCUT2D eigenvalue weighted by atomic mass is 35.5. The van der Waals surface area contributed by atoms with Gasteiger partial charge in [-0.1, -0.05) is 0 Å². The maximum Gasteiger partial charge on any atom is 0.329 e. The van der Waals surface area contributed by atoms with Gasteiger partial charge in [-0.3, -0.25) is 10.1 Å². The van der Waals surface area contributed by atoms with E-state index in [2.05, 4.69) is 15.3 Å². The van der Waals surface area contributed by atoms with Gasteiger partial charge in [0.1, 0.15) is 11.9 Å². The van der Waals surface area contributed by atoms with Gasteiger partial charge < -0.3 is 10.1 Å². The van der Waals surface area contributed by atoms with Gasteiger partial charge in [-0.15, -0.1) is 0 Å². The minimum Gasteiger partial charge on any atom is -0.491 e. The fourth-order valence-corrected chi connectivity index (χ4v) is 1.74. The van der Waals surface area contributed by atoms with Crippen molar-refractivity contribution in [1.82, 2.24) is 9.97 Å². The molecule has 0 saturated carbocycles. The van der Waals surface area contributed by atoms with Crippen LogP contribution in [0.5, 0.6) is 5.75 Å². The van der Waals surface area contributed by atoms with Gasteiger partial charge in [0.15, 0.2) is 0 Å². The van der Waals surface area contributed by atoms with Crippen molar-refractivity contribution < 1.29 is 9.66 Å². The number of hydrogen-bond acceptors (Lipinski definition) is 6. The first-order chi connectivity index (χ1) is 9.95. The van der Waals surface area contributed by atoms with E-state index >= 15 is 0 Å². The van der Waals surface area contributed by atoms with E-state index in [1.807, 2.05) is 13.8 Å². The molecule has 2 aromatic rings. The zero-order valence-electron chi connectivity index (χ0n) is 11.4. The molecule has 0 amide bonds. The molecule has 110 valence electrons. The van der Waals surface area contributed by atoms with Crippen LogP contribution in [0.2, 0.25) is 5.28 Å². The summed E-state index contributed by atoms with van der Waals surface area (Å²) in [6, 6.07) is 6.99. The van der Waals surface area contributed by atoms with Gasteiger partial charge in [0, 0.05) is 5.69 Å². The molecule has 0 saturated heterocycles. The number of benzene rings is 1. The van der Waals surface area contributed by atoms with Crippen LogP contribution in [0.3, 0.4) is 0 Å². The van der Waals surface area contributed by atoms with Crippen molar-refractivity contribution >= 4 is 28.8 Å². The number of nitrogens with one attached hydrogen (secondary N) is 1. The third kappa shape index (κ3) is 4.03. The van der Waals surface area contributed by atoms with Crippen LogP contribution < -0.4 is 10.1 Å². The molecule has 0 fully saturated rings. The summed E-state index contributed by atoms with van der Waals surface area (Å²) in [5, 5.41) is 13.7. The lowest BCUT2D eigenvalue weighted by Gasteiger charge is -2.11. The Kier molecular flexibility index (Phi) is 4.54. The SMILES string of the molecule is CC(C)Oc1ccc(Nc2nc(Cl)ncc2[N+](=O)[O-])cc1. The van der Waals surface area contributed by atoms with Gasteiger partial charge in [-0.05, 0) is 49.7 Å². The highest BCUT2D eigenvalue weighted by molar-refractivity contribution is 6.28. The third-order valence-corrected chi connectivity index (χ3v) is 2.61. The van der Waals surface area contributed by atoms with Crippen molar-refractivity contribution in [2.75, 3.05) is 5.32 Å². The van der Waals surface area contributed by atoms with Gasteiger partial charge in [0.25, 0.3) is 0 Å². The molecule has 0 aliphatic heterocycles. The van der Waals surface area contributed by atoms with Crippen LogP contribution in [0.4, 0.5) is 17.2 Å². The number of halogens is 1. The van der Waals surface area contributed by atoms with Crippen molar-refractivity contribution in [3.05, 3.63) is 45.9 Å². The zero-order valence-corrected chi connectivity index (χ0v) is 12.2. The Labute approximate surface area is 126 Å². The molecule has 0 unspecified atom stereocenters. The Balaban J connectivity index is 2.22. The van der Waals surface area contributed by atoms with Crippen LogP contribution >= 0.6 is 11.6 Å². The fraction of sp³-hybridized carbons (Fsp3) is 0.231. The van der Waals surface area contributed by atoms with E-state index in [0.717, 1.165) is 6.20 Å². The quantitative estimate of drug-likeness (QED) is 0.516. The smallest absolute Gasteiger partial charge is 0.329 e. The minimum atomic E-state index is -0.574. The summed E-state index contributed by atoms with van der Waals surface area (Å²) in [4.78, 5) is 17.8. The predicted octanol–water partition coefficient (Wildman–Crippen LogP) is 3.57. The number of nitrogens with zero attached hydrogens (tertiary/aromatic N) is 3. The molecule has 2 rings (SSSR count). The molecule has 1 aromatic heterocycles. The molecule has 21 heavy (non-hydrogen) atoms. The first-order valence-electron chi connectivity index (χ1n) is 6.16. The molecular weight excluding hydrogens is 296 g/mol. The second-order valence-corrected chi connectivity index (χ2v) is 4.78. The third-order valence-electron chi connectivity index (χ3n) is 2.43. The molecule has 1 heterocycles. The van der Waals surface area contributed by atoms with Gasteiger partial charge in [-0.2, -0.15) is 4.98 Å². The molecule has 0 aliphatic rings. The molecule has 0 spiro atoms. The normalized spacial score (nSPS) is 10.5. The second-order valence-electron chi connectivity index (χ2n) is 4.45. The van der Waals surface area contributed by atoms with Gasteiger partial charge in [0.2, 0.25) is 11.1 Å². The molecular formula is C13H13ClN4O3.